The Morgan fingerprint density at radius 2 is 1.96 bits per heavy atom. The molecular formula is C19H18FN3O2S. The van der Waals surface area contributed by atoms with E-state index < -0.39 is 5.25 Å². The molecule has 0 saturated carbocycles. The maximum Gasteiger partial charge on any atom is 0.240 e. The zero-order chi connectivity index (χ0) is 18.7. The van der Waals surface area contributed by atoms with E-state index in [9.17, 15) is 14.0 Å². The third kappa shape index (κ3) is 4.49. The highest BCUT2D eigenvalue weighted by Crippen LogP contribution is 2.26. The van der Waals surface area contributed by atoms with Crippen molar-refractivity contribution in [2.75, 3.05) is 5.32 Å². The number of benzene rings is 2. The molecule has 1 aliphatic heterocycles. The Hall–Kier alpha value is -2.67. The van der Waals surface area contributed by atoms with Crippen LogP contribution in [0.25, 0.3) is 0 Å². The molecule has 0 unspecified atom stereocenters. The lowest BCUT2D eigenvalue weighted by atomic mass is 10.1. The van der Waals surface area contributed by atoms with Gasteiger partial charge in [0, 0.05) is 12.1 Å². The predicted molar refractivity (Wildman–Crippen MR) is 102 cm³/mol. The first-order valence-electron chi connectivity index (χ1n) is 8.09. The first-order chi connectivity index (χ1) is 12.4. The van der Waals surface area contributed by atoms with Gasteiger partial charge in [-0.15, -0.1) is 0 Å². The number of aliphatic imine (C=N–C) groups is 1. The maximum absolute atomic E-state index is 12.9. The molecule has 2 aromatic rings. The number of hydrogen-bond acceptors (Lipinski definition) is 4. The number of nitrogens with one attached hydrogen (secondary N) is 2. The molecule has 1 atom stereocenters. The highest BCUT2D eigenvalue weighted by molar-refractivity contribution is 8.15. The van der Waals surface area contributed by atoms with E-state index in [0.717, 1.165) is 16.8 Å². The van der Waals surface area contributed by atoms with Crippen LogP contribution in [0.2, 0.25) is 0 Å². The Kier molecular flexibility index (Phi) is 5.37. The number of aryl methyl sites for hydroxylation is 2. The highest BCUT2D eigenvalue weighted by atomic mass is 32.2. The molecule has 1 saturated heterocycles. The quantitative estimate of drug-likeness (QED) is 0.861. The smallest absolute Gasteiger partial charge is 0.240 e. The second kappa shape index (κ2) is 7.70. The lowest BCUT2D eigenvalue weighted by molar-refractivity contribution is -0.122. The van der Waals surface area contributed by atoms with E-state index in [-0.39, 0.29) is 24.1 Å². The normalized spacial score (nSPS) is 18.0. The largest absolute Gasteiger partial charge is 0.326 e. The SMILES string of the molecule is Cc1ccc(NC(=O)C[C@H]2SC(=Nc3ccc(F)cc3)NC2=O)c(C)c1. The molecule has 1 fully saturated rings. The van der Waals surface area contributed by atoms with Gasteiger partial charge in [-0.2, -0.15) is 0 Å². The molecule has 5 nitrogen and oxygen atoms in total. The van der Waals surface area contributed by atoms with E-state index in [1.54, 1.807) is 0 Å². The summed E-state index contributed by atoms with van der Waals surface area (Å²) in [6, 6.07) is 11.4. The summed E-state index contributed by atoms with van der Waals surface area (Å²) in [6.45, 7) is 3.91. The van der Waals surface area contributed by atoms with Gasteiger partial charge < -0.3 is 10.6 Å². The van der Waals surface area contributed by atoms with Crippen LogP contribution in [-0.4, -0.2) is 22.2 Å². The van der Waals surface area contributed by atoms with Crippen molar-refractivity contribution in [1.29, 1.82) is 0 Å². The second-order valence-corrected chi connectivity index (χ2v) is 7.25. The molecule has 2 N–H and O–H groups in total. The number of nitrogens with zero attached hydrogens (tertiary/aromatic N) is 1. The monoisotopic (exact) mass is 371 g/mol. The lowest BCUT2D eigenvalue weighted by Gasteiger charge is -2.10. The number of hydrogen-bond donors (Lipinski definition) is 2. The van der Waals surface area contributed by atoms with Crippen LogP contribution in [0, 0.1) is 19.7 Å². The van der Waals surface area contributed by atoms with Gasteiger partial charge in [0.2, 0.25) is 11.8 Å². The fraction of sp³-hybridized carbons (Fsp3) is 0.211. The van der Waals surface area contributed by atoms with Crippen LogP contribution >= 0.6 is 11.8 Å². The highest BCUT2D eigenvalue weighted by Gasteiger charge is 2.32. The summed E-state index contributed by atoms with van der Waals surface area (Å²) in [4.78, 5) is 28.6. The first kappa shape index (κ1) is 18.1. The van der Waals surface area contributed by atoms with Gasteiger partial charge in [0.15, 0.2) is 5.17 Å². The molecule has 134 valence electrons. The molecule has 1 aliphatic rings. The van der Waals surface area contributed by atoms with Crippen molar-refractivity contribution in [3.05, 3.63) is 59.4 Å². The summed E-state index contributed by atoms with van der Waals surface area (Å²) in [7, 11) is 0. The van der Waals surface area contributed by atoms with Gasteiger partial charge in [-0.25, -0.2) is 9.38 Å². The molecule has 0 spiro atoms. The number of amidine groups is 1. The number of amides is 2. The second-order valence-electron chi connectivity index (χ2n) is 6.06. The van der Waals surface area contributed by atoms with E-state index in [1.807, 2.05) is 32.0 Å². The van der Waals surface area contributed by atoms with Crippen LogP contribution in [0.4, 0.5) is 15.8 Å². The van der Waals surface area contributed by atoms with Crippen molar-refractivity contribution < 1.29 is 14.0 Å². The molecule has 3 rings (SSSR count). The van der Waals surface area contributed by atoms with Crippen molar-refractivity contribution in [2.45, 2.75) is 25.5 Å². The van der Waals surface area contributed by atoms with Crippen LogP contribution < -0.4 is 10.6 Å². The molecular weight excluding hydrogens is 353 g/mol. The Bertz CT molecular complexity index is 881. The van der Waals surface area contributed by atoms with E-state index in [2.05, 4.69) is 15.6 Å². The third-order valence-corrected chi connectivity index (χ3v) is 4.94. The van der Waals surface area contributed by atoms with Gasteiger partial charge in [-0.3, -0.25) is 9.59 Å². The number of carbonyl (C=O) groups is 2. The Morgan fingerprint density at radius 1 is 1.23 bits per heavy atom. The lowest BCUT2D eigenvalue weighted by Crippen LogP contribution is -2.28. The Labute approximate surface area is 155 Å². The van der Waals surface area contributed by atoms with Gasteiger partial charge in [-0.05, 0) is 49.7 Å². The number of carbonyl (C=O) groups excluding carboxylic acids is 2. The van der Waals surface area contributed by atoms with Gasteiger partial charge >= 0.3 is 0 Å². The third-order valence-electron chi connectivity index (χ3n) is 3.86. The number of halogens is 1. The molecule has 2 amide bonds. The number of thioether (sulfide) groups is 1. The summed E-state index contributed by atoms with van der Waals surface area (Å²) in [5.41, 5.74) is 3.37. The molecule has 26 heavy (non-hydrogen) atoms. The molecule has 0 radical (unpaired) electrons. The summed E-state index contributed by atoms with van der Waals surface area (Å²) >= 11 is 1.20. The molecule has 0 bridgehead atoms. The fourth-order valence-electron chi connectivity index (χ4n) is 2.55. The molecule has 0 aromatic heterocycles. The minimum atomic E-state index is -0.542. The van der Waals surface area contributed by atoms with Gasteiger partial charge in [0.05, 0.1) is 5.69 Å². The van der Waals surface area contributed by atoms with Crippen LogP contribution in [0.15, 0.2) is 47.5 Å². The summed E-state index contributed by atoms with van der Waals surface area (Å²) in [5.74, 6) is -0.836. The van der Waals surface area contributed by atoms with Gasteiger partial charge in [-0.1, -0.05) is 29.5 Å². The predicted octanol–water partition coefficient (Wildman–Crippen LogP) is 3.69. The molecule has 7 heteroatoms. The zero-order valence-corrected chi connectivity index (χ0v) is 15.2. The van der Waals surface area contributed by atoms with Gasteiger partial charge in [0.25, 0.3) is 0 Å². The van der Waals surface area contributed by atoms with Crippen LogP contribution in [-0.2, 0) is 9.59 Å². The molecule has 0 aliphatic carbocycles. The fourth-order valence-corrected chi connectivity index (χ4v) is 3.54. The maximum atomic E-state index is 12.9. The van der Waals surface area contributed by atoms with Crippen molar-refractivity contribution in [3.63, 3.8) is 0 Å². The van der Waals surface area contributed by atoms with Gasteiger partial charge in [0.1, 0.15) is 11.1 Å². The topological polar surface area (TPSA) is 70.6 Å². The minimum Gasteiger partial charge on any atom is -0.326 e. The summed E-state index contributed by atoms with van der Waals surface area (Å²) < 4.78 is 12.9. The average molecular weight is 371 g/mol. The van der Waals surface area contributed by atoms with Crippen LogP contribution in [0.3, 0.4) is 0 Å². The van der Waals surface area contributed by atoms with Crippen molar-refractivity contribution in [1.82, 2.24) is 5.32 Å². The Morgan fingerprint density at radius 3 is 2.65 bits per heavy atom. The van der Waals surface area contributed by atoms with E-state index in [0.29, 0.717) is 10.9 Å². The van der Waals surface area contributed by atoms with Crippen molar-refractivity contribution >= 4 is 40.1 Å². The van der Waals surface area contributed by atoms with E-state index in [1.165, 1.54) is 36.0 Å². The number of anilines is 1. The minimum absolute atomic E-state index is 0.0479. The first-order valence-corrected chi connectivity index (χ1v) is 8.97. The number of rotatable bonds is 4. The molecule has 2 aromatic carbocycles. The van der Waals surface area contributed by atoms with Crippen molar-refractivity contribution in [2.24, 2.45) is 4.99 Å². The van der Waals surface area contributed by atoms with Crippen LogP contribution in [0.1, 0.15) is 17.5 Å². The standard InChI is InChI=1S/C19H18FN3O2S/c1-11-3-8-15(12(2)9-11)22-17(24)10-16-18(25)23-19(26-16)21-14-6-4-13(20)5-7-14/h3-9,16H,10H2,1-2H3,(H,22,24)(H,21,23,25)/t16-/m1/s1. The Balaban J connectivity index is 1.62. The zero-order valence-electron chi connectivity index (χ0n) is 14.4. The van der Waals surface area contributed by atoms with E-state index in [4.69, 9.17) is 0 Å². The van der Waals surface area contributed by atoms with E-state index >= 15 is 0 Å². The summed E-state index contributed by atoms with van der Waals surface area (Å²) in [6.07, 6.45) is 0.0479. The molecule has 1 heterocycles. The summed E-state index contributed by atoms with van der Waals surface area (Å²) in [5, 5.41) is 5.36. The van der Waals surface area contributed by atoms with Crippen LogP contribution in [0.5, 0.6) is 0 Å². The van der Waals surface area contributed by atoms with Crippen molar-refractivity contribution in [3.8, 4) is 0 Å². The average Bonchev–Trinajstić information content (AvgIpc) is 2.91.